The van der Waals surface area contributed by atoms with Crippen LogP contribution in [0.1, 0.15) is 31.4 Å². The third kappa shape index (κ3) is 3.92. The molecule has 136 valence electrons. The lowest BCUT2D eigenvalue weighted by molar-refractivity contribution is -0.129. The molecule has 1 atom stereocenters. The van der Waals surface area contributed by atoms with Crippen LogP contribution in [-0.4, -0.2) is 42.6 Å². The van der Waals surface area contributed by atoms with Gasteiger partial charge in [0.15, 0.2) is 6.79 Å². The number of halogens is 1. The molecule has 3 rings (SSSR count). The number of hydrogen-bond donors (Lipinski definition) is 1. The Labute approximate surface area is 146 Å². The molecule has 2 heterocycles. The SMILES string of the molecule is CC(C)N1CC(C(=O)NCCc2cc(F)cc3c2OCOC3)CC1=O. The third-order valence-electron chi connectivity index (χ3n) is 4.60. The Hall–Kier alpha value is -2.15. The van der Waals surface area contributed by atoms with Crippen LogP contribution in [0.4, 0.5) is 4.39 Å². The van der Waals surface area contributed by atoms with Crippen molar-refractivity contribution in [3.63, 3.8) is 0 Å². The predicted molar refractivity (Wildman–Crippen MR) is 88.4 cm³/mol. The summed E-state index contributed by atoms with van der Waals surface area (Å²) in [4.78, 5) is 25.9. The van der Waals surface area contributed by atoms with Gasteiger partial charge in [-0.3, -0.25) is 9.59 Å². The number of benzene rings is 1. The number of hydrogen-bond acceptors (Lipinski definition) is 4. The van der Waals surface area contributed by atoms with Crippen molar-refractivity contribution >= 4 is 11.8 Å². The average Bonchev–Trinajstić information content (AvgIpc) is 2.96. The molecule has 0 spiro atoms. The Bertz CT molecular complexity index is 677. The lowest BCUT2D eigenvalue weighted by Gasteiger charge is -2.21. The maximum absolute atomic E-state index is 13.7. The summed E-state index contributed by atoms with van der Waals surface area (Å²) in [6.07, 6.45) is 0.709. The summed E-state index contributed by atoms with van der Waals surface area (Å²) >= 11 is 0. The van der Waals surface area contributed by atoms with Gasteiger partial charge in [0, 0.05) is 31.1 Å². The molecule has 0 aromatic heterocycles. The van der Waals surface area contributed by atoms with Gasteiger partial charge in [-0.1, -0.05) is 0 Å². The van der Waals surface area contributed by atoms with Crippen molar-refractivity contribution in [2.75, 3.05) is 19.9 Å². The molecule has 2 aliphatic heterocycles. The number of nitrogens with zero attached hydrogens (tertiary/aromatic N) is 1. The van der Waals surface area contributed by atoms with Gasteiger partial charge in [-0.15, -0.1) is 0 Å². The van der Waals surface area contributed by atoms with Crippen LogP contribution in [-0.2, 0) is 27.4 Å². The topological polar surface area (TPSA) is 67.9 Å². The highest BCUT2D eigenvalue weighted by Crippen LogP contribution is 2.29. The molecule has 6 nitrogen and oxygen atoms in total. The Balaban J connectivity index is 1.56. The minimum absolute atomic E-state index is 0.0164. The fraction of sp³-hybridized carbons (Fsp3) is 0.556. The molecule has 7 heteroatoms. The number of nitrogens with one attached hydrogen (secondary N) is 1. The van der Waals surface area contributed by atoms with E-state index in [9.17, 15) is 14.0 Å². The number of fused-ring (bicyclic) bond motifs is 1. The van der Waals surface area contributed by atoms with Gasteiger partial charge in [-0.05, 0) is 38.0 Å². The van der Waals surface area contributed by atoms with Crippen molar-refractivity contribution in [1.29, 1.82) is 0 Å². The van der Waals surface area contributed by atoms with Crippen LogP contribution in [0.25, 0.3) is 0 Å². The molecule has 1 unspecified atom stereocenters. The molecule has 1 N–H and O–H groups in total. The van der Waals surface area contributed by atoms with Crippen molar-refractivity contribution in [3.8, 4) is 5.75 Å². The summed E-state index contributed by atoms with van der Waals surface area (Å²) < 4.78 is 24.3. The van der Waals surface area contributed by atoms with Crippen molar-refractivity contribution in [2.24, 2.45) is 5.92 Å². The van der Waals surface area contributed by atoms with E-state index in [-0.39, 0.29) is 42.8 Å². The number of likely N-dealkylation sites (tertiary alicyclic amines) is 1. The quantitative estimate of drug-likeness (QED) is 0.876. The van der Waals surface area contributed by atoms with E-state index in [0.717, 1.165) is 0 Å². The summed E-state index contributed by atoms with van der Waals surface area (Å²) in [6.45, 7) is 5.17. The van der Waals surface area contributed by atoms with Crippen molar-refractivity contribution in [2.45, 2.75) is 39.3 Å². The molecule has 1 fully saturated rings. The van der Waals surface area contributed by atoms with Crippen molar-refractivity contribution in [1.82, 2.24) is 10.2 Å². The highest BCUT2D eigenvalue weighted by atomic mass is 19.1. The van der Waals surface area contributed by atoms with Gasteiger partial charge in [0.1, 0.15) is 11.6 Å². The first kappa shape index (κ1) is 17.7. The zero-order valence-corrected chi connectivity index (χ0v) is 14.5. The molecule has 0 bridgehead atoms. The van der Waals surface area contributed by atoms with E-state index in [1.54, 1.807) is 4.90 Å². The maximum Gasteiger partial charge on any atom is 0.225 e. The van der Waals surface area contributed by atoms with E-state index in [1.807, 2.05) is 13.8 Å². The molecule has 2 aliphatic rings. The molecular weight excluding hydrogens is 327 g/mol. The molecule has 0 saturated carbocycles. The molecule has 0 aliphatic carbocycles. The maximum atomic E-state index is 13.7. The fourth-order valence-electron chi connectivity index (χ4n) is 3.31. The molecule has 2 amide bonds. The molecule has 1 aromatic carbocycles. The molecule has 0 radical (unpaired) electrons. The van der Waals surface area contributed by atoms with E-state index < -0.39 is 0 Å². The van der Waals surface area contributed by atoms with Gasteiger partial charge in [0.2, 0.25) is 11.8 Å². The van der Waals surface area contributed by atoms with Crippen LogP contribution in [0.2, 0.25) is 0 Å². The number of carbonyl (C=O) groups excluding carboxylic acids is 2. The first-order valence-electron chi connectivity index (χ1n) is 8.54. The minimum atomic E-state index is -0.344. The van der Waals surface area contributed by atoms with Crippen LogP contribution < -0.4 is 10.1 Å². The standard InChI is InChI=1S/C18H23FN2O4/c1-11(2)21-8-13(7-16(21)22)18(23)20-4-3-12-5-15(19)6-14-9-24-10-25-17(12)14/h5-6,11,13H,3-4,7-10H2,1-2H3,(H,20,23). The largest absolute Gasteiger partial charge is 0.467 e. The Morgan fingerprint density at radius 1 is 1.44 bits per heavy atom. The summed E-state index contributed by atoms with van der Waals surface area (Å²) in [5.41, 5.74) is 1.39. The van der Waals surface area contributed by atoms with Crippen LogP contribution >= 0.6 is 0 Å². The number of amides is 2. The van der Waals surface area contributed by atoms with Crippen molar-refractivity contribution in [3.05, 3.63) is 29.1 Å². The molecular formula is C18H23FN2O4. The van der Waals surface area contributed by atoms with Gasteiger partial charge < -0.3 is 19.7 Å². The predicted octanol–water partition coefficient (Wildman–Crippen LogP) is 1.61. The van der Waals surface area contributed by atoms with Crippen LogP contribution in [0.5, 0.6) is 5.75 Å². The second-order valence-corrected chi connectivity index (χ2v) is 6.75. The van der Waals surface area contributed by atoms with Gasteiger partial charge >= 0.3 is 0 Å². The molecule has 1 aromatic rings. The van der Waals surface area contributed by atoms with Crippen molar-refractivity contribution < 1.29 is 23.5 Å². The summed E-state index contributed by atoms with van der Waals surface area (Å²) in [5, 5.41) is 2.85. The van der Waals surface area contributed by atoms with Gasteiger partial charge in [-0.25, -0.2) is 4.39 Å². The lowest BCUT2D eigenvalue weighted by Crippen LogP contribution is -2.36. The molecule has 25 heavy (non-hydrogen) atoms. The first-order chi connectivity index (χ1) is 12.0. The van der Waals surface area contributed by atoms with Gasteiger partial charge in [-0.2, -0.15) is 0 Å². The second kappa shape index (κ2) is 7.39. The zero-order chi connectivity index (χ0) is 18.0. The van der Waals surface area contributed by atoms with E-state index in [4.69, 9.17) is 9.47 Å². The van der Waals surface area contributed by atoms with Crippen LogP contribution in [0.15, 0.2) is 12.1 Å². The Kier molecular flexibility index (Phi) is 5.22. The van der Waals surface area contributed by atoms with Gasteiger partial charge in [0.05, 0.1) is 12.5 Å². The fourth-order valence-corrected chi connectivity index (χ4v) is 3.31. The smallest absolute Gasteiger partial charge is 0.225 e. The highest BCUT2D eigenvalue weighted by molar-refractivity contribution is 5.89. The van der Waals surface area contributed by atoms with E-state index in [0.29, 0.717) is 43.0 Å². The second-order valence-electron chi connectivity index (χ2n) is 6.75. The lowest BCUT2D eigenvalue weighted by atomic mass is 10.0. The molecule has 1 saturated heterocycles. The summed E-state index contributed by atoms with van der Waals surface area (Å²) in [7, 11) is 0. The van der Waals surface area contributed by atoms with Crippen LogP contribution in [0, 0.1) is 11.7 Å². The Morgan fingerprint density at radius 3 is 2.96 bits per heavy atom. The normalized spacial score (nSPS) is 19.8. The number of ether oxygens (including phenoxy) is 2. The Morgan fingerprint density at radius 2 is 2.24 bits per heavy atom. The first-order valence-corrected chi connectivity index (χ1v) is 8.54. The van der Waals surface area contributed by atoms with Crippen LogP contribution in [0.3, 0.4) is 0 Å². The number of carbonyl (C=O) groups is 2. The monoisotopic (exact) mass is 350 g/mol. The third-order valence-corrected chi connectivity index (χ3v) is 4.60. The highest BCUT2D eigenvalue weighted by Gasteiger charge is 2.35. The summed E-state index contributed by atoms with van der Waals surface area (Å²) in [6, 6.07) is 2.93. The summed E-state index contributed by atoms with van der Waals surface area (Å²) in [5.74, 6) is -0.137. The van der Waals surface area contributed by atoms with E-state index in [1.165, 1.54) is 12.1 Å². The van der Waals surface area contributed by atoms with E-state index >= 15 is 0 Å². The minimum Gasteiger partial charge on any atom is -0.467 e. The number of rotatable bonds is 5. The average molecular weight is 350 g/mol. The van der Waals surface area contributed by atoms with Gasteiger partial charge in [0.25, 0.3) is 0 Å². The van der Waals surface area contributed by atoms with E-state index in [2.05, 4.69) is 5.32 Å². The zero-order valence-electron chi connectivity index (χ0n) is 14.5.